The molecule has 2 aromatic rings. The van der Waals surface area contributed by atoms with E-state index >= 15 is 0 Å². The van der Waals surface area contributed by atoms with E-state index in [0.29, 0.717) is 9.13 Å². The molecule has 4 N–H and O–H groups in total. The number of nitrogens with zero attached hydrogens (tertiary/aromatic N) is 4. The number of hydrogen-bond acceptors (Lipinski definition) is 7. The highest BCUT2D eigenvalue weighted by atomic mass is 127. The molecule has 0 radical (unpaired) electrons. The van der Waals surface area contributed by atoms with E-state index in [4.69, 9.17) is 16.7 Å². The molecule has 0 saturated carbocycles. The van der Waals surface area contributed by atoms with Gasteiger partial charge in [0, 0.05) is 11.6 Å². The van der Waals surface area contributed by atoms with E-state index in [-0.39, 0.29) is 28.7 Å². The summed E-state index contributed by atoms with van der Waals surface area (Å²) in [6.45, 7) is 0. The highest BCUT2D eigenvalue weighted by Crippen LogP contribution is 2.30. The van der Waals surface area contributed by atoms with Crippen molar-refractivity contribution in [1.82, 2.24) is 9.97 Å². The molecule has 0 bridgehead atoms. The van der Waals surface area contributed by atoms with Crippen LogP contribution >= 0.6 is 22.6 Å². The molecule has 9 heteroatoms. The van der Waals surface area contributed by atoms with Crippen LogP contribution in [0.5, 0.6) is 0 Å². The van der Waals surface area contributed by atoms with Crippen molar-refractivity contribution in [1.29, 1.82) is 5.26 Å². The van der Waals surface area contributed by atoms with E-state index in [1.54, 1.807) is 12.1 Å². The van der Waals surface area contributed by atoms with Crippen LogP contribution in [0.3, 0.4) is 0 Å². The van der Waals surface area contributed by atoms with Crippen LogP contribution in [0.2, 0.25) is 0 Å². The summed E-state index contributed by atoms with van der Waals surface area (Å²) in [5.74, 6) is -0.158. The molecule has 100 valence electrons. The molecule has 8 nitrogen and oxygen atoms in total. The lowest BCUT2D eigenvalue weighted by atomic mass is 10.1. The number of nitriles is 1. The lowest BCUT2D eigenvalue weighted by Crippen LogP contribution is -2.05. The lowest BCUT2D eigenvalue weighted by molar-refractivity contribution is -0.385. The van der Waals surface area contributed by atoms with Gasteiger partial charge < -0.3 is 11.5 Å². The second-order valence-electron chi connectivity index (χ2n) is 3.73. The molecular weight excluding hydrogens is 375 g/mol. The van der Waals surface area contributed by atoms with Gasteiger partial charge in [0.1, 0.15) is 17.5 Å². The number of halogens is 1. The Hall–Kier alpha value is -2.48. The normalized spacial score (nSPS) is 10.0. The molecule has 0 amide bonds. The summed E-state index contributed by atoms with van der Waals surface area (Å²) in [6, 6.07) is 6.37. The van der Waals surface area contributed by atoms with E-state index < -0.39 is 4.92 Å². The smallest absolute Gasteiger partial charge is 0.283 e. The van der Waals surface area contributed by atoms with Crippen molar-refractivity contribution in [3.63, 3.8) is 0 Å². The summed E-state index contributed by atoms with van der Waals surface area (Å²) in [7, 11) is 0. The van der Waals surface area contributed by atoms with E-state index in [9.17, 15) is 10.1 Å². The first kappa shape index (κ1) is 13.9. The quantitative estimate of drug-likeness (QED) is 0.457. The largest absolute Gasteiger partial charge is 0.382 e. The van der Waals surface area contributed by atoms with Gasteiger partial charge in [-0.2, -0.15) is 10.2 Å². The Morgan fingerprint density at radius 1 is 1.35 bits per heavy atom. The Morgan fingerprint density at radius 2 is 2.05 bits per heavy atom. The second kappa shape index (κ2) is 5.25. The van der Waals surface area contributed by atoms with Gasteiger partial charge in [-0.3, -0.25) is 10.1 Å². The van der Waals surface area contributed by atoms with Crippen molar-refractivity contribution in [3.05, 3.63) is 37.4 Å². The summed E-state index contributed by atoms with van der Waals surface area (Å²) in [5, 5.41) is 20.0. The Morgan fingerprint density at radius 3 is 2.65 bits per heavy atom. The molecule has 1 aromatic heterocycles. The van der Waals surface area contributed by atoms with Crippen LogP contribution in [0.15, 0.2) is 18.2 Å². The molecule has 0 atom stereocenters. The Bertz CT molecular complexity index is 755. The minimum Gasteiger partial charge on any atom is -0.382 e. The summed E-state index contributed by atoms with van der Waals surface area (Å²) in [6.07, 6.45) is 0. The monoisotopic (exact) mass is 382 g/mol. The van der Waals surface area contributed by atoms with Gasteiger partial charge in [0.2, 0.25) is 5.95 Å². The molecule has 1 aromatic carbocycles. The van der Waals surface area contributed by atoms with Crippen LogP contribution in [0, 0.1) is 25.0 Å². The maximum atomic E-state index is 10.9. The van der Waals surface area contributed by atoms with E-state index in [1.165, 1.54) is 6.07 Å². The molecular formula is C11H7IN6O2. The number of nitro benzene ring substituents is 1. The minimum atomic E-state index is -0.509. The number of rotatable bonds is 2. The first-order valence-electron chi connectivity index (χ1n) is 5.21. The number of nitrogens with two attached hydrogens (primary N) is 2. The average Bonchev–Trinajstić information content (AvgIpc) is 2.38. The third kappa shape index (κ3) is 2.45. The fraction of sp³-hybridized carbons (Fsp3) is 0. The van der Waals surface area contributed by atoms with E-state index in [2.05, 4.69) is 9.97 Å². The fourth-order valence-corrected chi connectivity index (χ4v) is 2.15. The van der Waals surface area contributed by atoms with E-state index in [0.717, 1.165) is 0 Å². The van der Waals surface area contributed by atoms with Crippen molar-refractivity contribution in [2.75, 3.05) is 11.5 Å². The van der Waals surface area contributed by atoms with Crippen LogP contribution in [-0.4, -0.2) is 14.9 Å². The first-order chi connectivity index (χ1) is 9.43. The van der Waals surface area contributed by atoms with Crippen LogP contribution in [-0.2, 0) is 0 Å². The molecule has 0 aliphatic rings. The number of aromatic nitrogens is 2. The van der Waals surface area contributed by atoms with Crippen LogP contribution in [0.25, 0.3) is 11.3 Å². The van der Waals surface area contributed by atoms with Gasteiger partial charge in [0.05, 0.1) is 14.2 Å². The summed E-state index contributed by atoms with van der Waals surface area (Å²) >= 11 is 1.85. The van der Waals surface area contributed by atoms with Gasteiger partial charge in [-0.05, 0) is 28.7 Å². The molecule has 0 aliphatic carbocycles. The standard InChI is InChI=1S/C11H7IN6O2/c12-7-2-1-5(3-8(7)18(19)20)9-6(4-13)10(14)17-11(15)16-9/h1-3H,(H4,14,15,16,17). The van der Waals surface area contributed by atoms with Crippen molar-refractivity contribution in [3.8, 4) is 17.3 Å². The van der Waals surface area contributed by atoms with Gasteiger partial charge in [0.25, 0.3) is 5.69 Å². The average molecular weight is 382 g/mol. The zero-order valence-electron chi connectivity index (χ0n) is 9.87. The number of hydrogen-bond donors (Lipinski definition) is 2. The molecule has 0 saturated heterocycles. The zero-order valence-corrected chi connectivity index (χ0v) is 12.0. The van der Waals surface area contributed by atoms with E-state index in [1.807, 2.05) is 28.7 Å². The predicted octanol–water partition coefficient (Wildman–Crippen LogP) is 1.69. The fourth-order valence-electron chi connectivity index (χ4n) is 1.62. The maximum absolute atomic E-state index is 10.9. The minimum absolute atomic E-state index is 0.0368. The van der Waals surface area contributed by atoms with Crippen LogP contribution in [0.1, 0.15) is 5.56 Å². The zero-order chi connectivity index (χ0) is 14.9. The molecule has 0 fully saturated rings. The molecule has 2 rings (SSSR count). The molecule has 0 aliphatic heterocycles. The number of anilines is 2. The highest BCUT2D eigenvalue weighted by molar-refractivity contribution is 14.1. The predicted molar refractivity (Wildman–Crippen MR) is 80.4 cm³/mol. The van der Waals surface area contributed by atoms with Crippen LogP contribution in [0.4, 0.5) is 17.5 Å². The Kier molecular flexibility index (Phi) is 3.66. The Balaban J connectivity index is 2.72. The van der Waals surface area contributed by atoms with Crippen LogP contribution < -0.4 is 11.5 Å². The molecule has 0 spiro atoms. The Labute approximate surface area is 126 Å². The van der Waals surface area contributed by atoms with Crippen molar-refractivity contribution < 1.29 is 4.92 Å². The summed E-state index contributed by atoms with van der Waals surface area (Å²) in [4.78, 5) is 18.1. The third-order valence-corrected chi connectivity index (χ3v) is 3.39. The lowest BCUT2D eigenvalue weighted by Gasteiger charge is -2.07. The van der Waals surface area contributed by atoms with Gasteiger partial charge >= 0.3 is 0 Å². The third-order valence-electron chi connectivity index (χ3n) is 2.48. The number of nitro groups is 1. The summed E-state index contributed by atoms with van der Waals surface area (Å²) in [5.41, 5.74) is 11.6. The van der Waals surface area contributed by atoms with Crippen molar-refractivity contribution in [2.45, 2.75) is 0 Å². The van der Waals surface area contributed by atoms with Crippen molar-refractivity contribution in [2.24, 2.45) is 0 Å². The molecule has 1 heterocycles. The van der Waals surface area contributed by atoms with Crippen molar-refractivity contribution >= 4 is 40.0 Å². The van der Waals surface area contributed by atoms with Gasteiger partial charge in [-0.25, -0.2) is 4.98 Å². The SMILES string of the molecule is N#Cc1c(N)nc(N)nc1-c1ccc(I)c([N+](=O)[O-])c1. The van der Waals surface area contributed by atoms with Gasteiger partial charge in [0.15, 0.2) is 0 Å². The topological polar surface area (TPSA) is 145 Å². The molecule has 0 unspecified atom stereocenters. The summed E-state index contributed by atoms with van der Waals surface area (Å²) < 4.78 is 0.477. The first-order valence-corrected chi connectivity index (χ1v) is 6.29. The van der Waals surface area contributed by atoms with Gasteiger partial charge in [-0.1, -0.05) is 6.07 Å². The second-order valence-corrected chi connectivity index (χ2v) is 4.89. The molecule has 20 heavy (non-hydrogen) atoms. The highest BCUT2D eigenvalue weighted by Gasteiger charge is 2.18. The maximum Gasteiger partial charge on any atom is 0.283 e. The van der Waals surface area contributed by atoms with Gasteiger partial charge in [-0.15, -0.1) is 0 Å². The number of benzene rings is 1. The number of nitrogen functional groups attached to an aromatic ring is 2.